The van der Waals surface area contributed by atoms with Gasteiger partial charge in [-0.3, -0.25) is 14.5 Å². The SMILES string of the molecule is CCN(CC)C(=O)CCNC(=O)CN1CCNCC1. The average Bonchev–Trinajstić information content (AvgIpc) is 2.41. The Morgan fingerprint density at radius 1 is 1.21 bits per heavy atom. The largest absolute Gasteiger partial charge is 0.354 e. The van der Waals surface area contributed by atoms with E-state index < -0.39 is 0 Å². The fourth-order valence-electron chi connectivity index (χ4n) is 2.17. The van der Waals surface area contributed by atoms with Crippen LogP contribution in [0.1, 0.15) is 20.3 Å². The van der Waals surface area contributed by atoms with Gasteiger partial charge in [-0.05, 0) is 13.8 Å². The summed E-state index contributed by atoms with van der Waals surface area (Å²) in [5.74, 6) is 0.113. The van der Waals surface area contributed by atoms with E-state index in [0.717, 1.165) is 39.3 Å². The van der Waals surface area contributed by atoms with Gasteiger partial charge in [-0.2, -0.15) is 0 Å². The van der Waals surface area contributed by atoms with Crippen molar-refractivity contribution in [1.82, 2.24) is 20.4 Å². The van der Waals surface area contributed by atoms with E-state index in [1.807, 2.05) is 13.8 Å². The third-order valence-corrected chi connectivity index (χ3v) is 3.35. The van der Waals surface area contributed by atoms with Crippen LogP contribution in [0.25, 0.3) is 0 Å². The molecule has 110 valence electrons. The van der Waals surface area contributed by atoms with Gasteiger partial charge < -0.3 is 15.5 Å². The average molecular weight is 270 g/mol. The van der Waals surface area contributed by atoms with Gasteiger partial charge in [0, 0.05) is 52.2 Å². The molecule has 0 aromatic carbocycles. The Labute approximate surface area is 115 Å². The summed E-state index contributed by atoms with van der Waals surface area (Å²) in [5, 5.41) is 6.06. The number of amides is 2. The quantitative estimate of drug-likeness (QED) is 0.640. The highest BCUT2D eigenvalue weighted by Gasteiger charge is 2.14. The fraction of sp³-hybridized carbons (Fsp3) is 0.846. The standard InChI is InChI=1S/C13H26N4O2/c1-3-17(4-2)13(19)5-6-15-12(18)11-16-9-7-14-8-10-16/h14H,3-11H2,1-2H3,(H,15,18). The zero-order valence-corrected chi connectivity index (χ0v) is 12.1. The fourth-order valence-corrected chi connectivity index (χ4v) is 2.17. The lowest BCUT2D eigenvalue weighted by Crippen LogP contribution is -2.47. The first-order chi connectivity index (χ1) is 9.17. The smallest absolute Gasteiger partial charge is 0.234 e. The molecule has 0 aromatic rings. The number of carbonyl (C=O) groups excluding carboxylic acids is 2. The molecule has 0 aliphatic carbocycles. The van der Waals surface area contributed by atoms with E-state index in [0.29, 0.717) is 19.5 Å². The minimum Gasteiger partial charge on any atom is -0.354 e. The van der Waals surface area contributed by atoms with Gasteiger partial charge in [0.15, 0.2) is 0 Å². The van der Waals surface area contributed by atoms with Crippen molar-refractivity contribution in [2.45, 2.75) is 20.3 Å². The molecular weight excluding hydrogens is 244 g/mol. The number of rotatable bonds is 7. The Morgan fingerprint density at radius 2 is 1.84 bits per heavy atom. The monoisotopic (exact) mass is 270 g/mol. The lowest BCUT2D eigenvalue weighted by Gasteiger charge is -2.26. The summed E-state index contributed by atoms with van der Waals surface area (Å²) in [5.41, 5.74) is 0. The molecule has 1 rings (SSSR count). The van der Waals surface area contributed by atoms with Gasteiger partial charge in [0.05, 0.1) is 6.54 Å². The molecule has 0 aromatic heterocycles. The molecule has 0 saturated carbocycles. The molecular formula is C13H26N4O2. The molecule has 1 saturated heterocycles. The van der Waals surface area contributed by atoms with Crippen molar-refractivity contribution in [1.29, 1.82) is 0 Å². The van der Waals surface area contributed by atoms with Crippen molar-refractivity contribution >= 4 is 11.8 Å². The first-order valence-corrected chi connectivity index (χ1v) is 7.14. The maximum atomic E-state index is 11.7. The van der Waals surface area contributed by atoms with Gasteiger partial charge in [-0.1, -0.05) is 0 Å². The molecule has 0 unspecified atom stereocenters. The minimum absolute atomic E-state index is 0.00856. The predicted octanol–water partition coefficient (Wildman–Crippen LogP) is -0.734. The maximum absolute atomic E-state index is 11.7. The summed E-state index contributed by atoms with van der Waals surface area (Å²) in [6.45, 7) is 9.93. The number of carbonyl (C=O) groups is 2. The molecule has 2 amide bonds. The summed E-state index contributed by atoms with van der Waals surface area (Å²) in [6, 6.07) is 0. The van der Waals surface area contributed by atoms with E-state index in [1.165, 1.54) is 0 Å². The highest BCUT2D eigenvalue weighted by atomic mass is 16.2. The van der Waals surface area contributed by atoms with E-state index in [9.17, 15) is 9.59 Å². The highest BCUT2D eigenvalue weighted by molar-refractivity contribution is 5.80. The Kier molecular flexibility index (Phi) is 7.43. The van der Waals surface area contributed by atoms with E-state index in [1.54, 1.807) is 4.90 Å². The molecule has 0 radical (unpaired) electrons. The van der Waals surface area contributed by atoms with Crippen LogP contribution in [0.4, 0.5) is 0 Å². The van der Waals surface area contributed by atoms with Crippen LogP contribution in [-0.4, -0.2) is 74.0 Å². The van der Waals surface area contributed by atoms with Gasteiger partial charge in [-0.15, -0.1) is 0 Å². The van der Waals surface area contributed by atoms with Crippen LogP contribution in [0.15, 0.2) is 0 Å². The van der Waals surface area contributed by atoms with Crippen LogP contribution in [0.3, 0.4) is 0 Å². The van der Waals surface area contributed by atoms with E-state index in [2.05, 4.69) is 15.5 Å². The summed E-state index contributed by atoms with van der Waals surface area (Å²) in [7, 11) is 0. The van der Waals surface area contributed by atoms with Crippen LogP contribution >= 0.6 is 0 Å². The lowest BCUT2D eigenvalue weighted by molar-refractivity contribution is -0.130. The molecule has 6 heteroatoms. The third-order valence-electron chi connectivity index (χ3n) is 3.35. The highest BCUT2D eigenvalue weighted by Crippen LogP contribution is 1.94. The van der Waals surface area contributed by atoms with Crippen molar-refractivity contribution in [2.24, 2.45) is 0 Å². The lowest BCUT2D eigenvalue weighted by atomic mass is 10.3. The Bertz CT molecular complexity index is 286. The van der Waals surface area contributed by atoms with Crippen molar-refractivity contribution in [2.75, 3.05) is 52.4 Å². The number of nitrogens with one attached hydrogen (secondary N) is 2. The molecule has 0 atom stereocenters. The second kappa shape index (κ2) is 8.87. The first kappa shape index (κ1) is 15.9. The van der Waals surface area contributed by atoms with Crippen molar-refractivity contribution in [3.05, 3.63) is 0 Å². The number of hydrogen-bond acceptors (Lipinski definition) is 4. The summed E-state index contributed by atoms with van der Waals surface area (Å²) >= 11 is 0. The minimum atomic E-state index is 0.00856. The van der Waals surface area contributed by atoms with Crippen LogP contribution in [0, 0.1) is 0 Å². The summed E-state index contributed by atoms with van der Waals surface area (Å²) in [6.07, 6.45) is 0.384. The van der Waals surface area contributed by atoms with Gasteiger partial charge in [0.2, 0.25) is 11.8 Å². The first-order valence-electron chi connectivity index (χ1n) is 7.14. The van der Waals surface area contributed by atoms with Crippen LogP contribution < -0.4 is 10.6 Å². The predicted molar refractivity (Wildman–Crippen MR) is 74.9 cm³/mol. The third kappa shape index (κ3) is 6.02. The van der Waals surface area contributed by atoms with Crippen molar-refractivity contribution in [3.8, 4) is 0 Å². The topological polar surface area (TPSA) is 64.7 Å². The summed E-state index contributed by atoms with van der Waals surface area (Å²) in [4.78, 5) is 27.3. The van der Waals surface area contributed by atoms with Gasteiger partial charge in [-0.25, -0.2) is 0 Å². The molecule has 1 aliphatic rings. The van der Waals surface area contributed by atoms with Crippen LogP contribution in [-0.2, 0) is 9.59 Å². The molecule has 6 nitrogen and oxygen atoms in total. The molecule has 1 heterocycles. The maximum Gasteiger partial charge on any atom is 0.234 e. The molecule has 1 fully saturated rings. The Morgan fingerprint density at radius 3 is 2.42 bits per heavy atom. The van der Waals surface area contributed by atoms with E-state index in [4.69, 9.17) is 0 Å². The summed E-state index contributed by atoms with van der Waals surface area (Å²) < 4.78 is 0. The van der Waals surface area contributed by atoms with E-state index >= 15 is 0 Å². The van der Waals surface area contributed by atoms with Crippen molar-refractivity contribution < 1.29 is 9.59 Å². The van der Waals surface area contributed by atoms with Crippen LogP contribution in [0.5, 0.6) is 0 Å². The number of piperazine rings is 1. The second-order valence-electron chi connectivity index (χ2n) is 4.69. The molecule has 0 bridgehead atoms. The van der Waals surface area contributed by atoms with Gasteiger partial charge >= 0.3 is 0 Å². The normalized spacial score (nSPS) is 16.1. The van der Waals surface area contributed by atoms with Gasteiger partial charge in [0.1, 0.15) is 0 Å². The molecule has 2 N–H and O–H groups in total. The number of hydrogen-bond donors (Lipinski definition) is 2. The molecule has 0 spiro atoms. The second-order valence-corrected chi connectivity index (χ2v) is 4.69. The van der Waals surface area contributed by atoms with E-state index in [-0.39, 0.29) is 11.8 Å². The zero-order chi connectivity index (χ0) is 14.1. The molecule has 1 aliphatic heterocycles. The number of nitrogens with zero attached hydrogens (tertiary/aromatic N) is 2. The zero-order valence-electron chi connectivity index (χ0n) is 12.1. The van der Waals surface area contributed by atoms with Gasteiger partial charge in [0.25, 0.3) is 0 Å². The van der Waals surface area contributed by atoms with Crippen molar-refractivity contribution in [3.63, 3.8) is 0 Å². The molecule has 19 heavy (non-hydrogen) atoms. The Hall–Kier alpha value is -1.14. The van der Waals surface area contributed by atoms with Crippen LogP contribution in [0.2, 0.25) is 0 Å². The Balaban J connectivity index is 2.14.